The summed E-state index contributed by atoms with van der Waals surface area (Å²) in [7, 11) is 0. The fourth-order valence-electron chi connectivity index (χ4n) is 1.65. The van der Waals surface area contributed by atoms with Gasteiger partial charge in [0.25, 0.3) is 0 Å². The zero-order valence-electron chi connectivity index (χ0n) is 10.8. The summed E-state index contributed by atoms with van der Waals surface area (Å²) in [6.07, 6.45) is 1.71. The predicted molar refractivity (Wildman–Crippen MR) is 83.6 cm³/mol. The van der Waals surface area contributed by atoms with Crippen molar-refractivity contribution in [1.82, 2.24) is 4.57 Å². The van der Waals surface area contributed by atoms with Gasteiger partial charge in [0.2, 0.25) is 5.91 Å². The van der Waals surface area contributed by atoms with Crippen molar-refractivity contribution in [2.24, 2.45) is 0 Å². The van der Waals surface area contributed by atoms with Gasteiger partial charge in [-0.05, 0) is 12.1 Å². The van der Waals surface area contributed by atoms with Crippen LogP contribution < -0.4 is 10.1 Å². The molecule has 0 saturated carbocycles. The summed E-state index contributed by atoms with van der Waals surface area (Å²) >= 11 is 1.27. The molecule has 20 heavy (non-hydrogen) atoms. The van der Waals surface area contributed by atoms with Gasteiger partial charge < -0.3 is 9.88 Å². The molecule has 0 fully saturated rings. The van der Waals surface area contributed by atoms with E-state index in [0.717, 1.165) is 0 Å². The van der Waals surface area contributed by atoms with Crippen LogP contribution in [0.1, 0.15) is 17.3 Å². The molecule has 0 atom stereocenters. The van der Waals surface area contributed by atoms with Crippen molar-refractivity contribution in [3.05, 3.63) is 46.2 Å². The zero-order chi connectivity index (χ0) is 13.8. The number of rotatable bonds is 4. The van der Waals surface area contributed by atoms with Crippen molar-refractivity contribution in [1.29, 1.82) is 5.41 Å². The predicted octanol–water partition coefficient (Wildman–Crippen LogP) is 2.45. The van der Waals surface area contributed by atoms with Crippen molar-refractivity contribution < 1.29 is 9.59 Å². The molecule has 1 aromatic carbocycles. The molecule has 0 radical (unpaired) electrons. The van der Waals surface area contributed by atoms with Gasteiger partial charge in [0.15, 0.2) is 10.6 Å². The minimum Gasteiger partial charge on any atom is -0.326 e. The Hall–Kier alpha value is -1.73. The number of thiazole rings is 1. The Morgan fingerprint density at radius 1 is 1.40 bits per heavy atom. The van der Waals surface area contributed by atoms with Crippen LogP contribution in [0.3, 0.4) is 0 Å². The lowest BCUT2D eigenvalue weighted by molar-refractivity contribution is -0.114. The van der Waals surface area contributed by atoms with E-state index in [-0.39, 0.29) is 35.2 Å². The van der Waals surface area contributed by atoms with Crippen LogP contribution in [0.4, 0.5) is 5.69 Å². The molecule has 0 bridgehead atoms. The molecule has 2 N–H and O–H groups in total. The monoisotopic (exact) mass is 355 g/mol. The first-order valence-electron chi connectivity index (χ1n) is 5.65. The molecule has 2 rings (SSSR count). The summed E-state index contributed by atoms with van der Waals surface area (Å²) in [5.41, 5.74) is 1.11. The number of hydrogen-bond donors (Lipinski definition) is 2. The maximum Gasteiger partial charge on any atom is 0.221 e. The van der Waals surface area contributed by atoms with E-state index < -0.39 is 0 Å². The minimum absolute atomic E-state index is 0. The molecule has 1 aromatic heterocycles. The number of amides is 1. The van der Waals surface area contributed by atoms with Crippen LogP contribution in [0, 0.1) is 5.41 Å². The van der Waals surface area contributed by atoms with Crippen molar-refractivity contribution in [2.45, 2.75) is 13.5 Å². The second kappa shape index (κ2) is 7.16. The highest BCUT2D eigenvalue weighted by Crippen LogP contribution is 2.11. The average Bonchev–Trinajstić information content (AvgIpc) is 2.74. The van der Waals surface area contributed by atoms with E-state index in [9.17, 15) is 9.59 Å². The molecule has 0 aliphatic rings. The number of benzene rings is 1. The number of nitrogens with one attached hydrogen (secondary N) is 2. The quantitative estimate of drug-likeness (QED) is 0.826. The Morgan fingerprint density at radius 2 is 2.15 bits per heavy atom. The van der Waals surface area contributed by atoms with E-state index in [1.165, 1.54) is 18.3 Å². The van der Waals surface area contributed by atoms with Gasteiger partial charge in [-0.2, -0.15) is 0 Å². The summed E-state index contributed by atoms with van der Waals surface area (Å²) in [5, 5.41) is 12.0. The fourth-order valence-corrected chi connectivity index (χ4v) is 2.25. The standard InChI is InChI=1S/C13H13N3O2S.BrH/c1-9(17)15-11-4-2-3-10(7-11)12(18)8-16-5-6-19-13(16)14;/h2-7,14H,8H2,1H3,(H,15,17);1H. The maximum absolute atomic E-state index is 12.1. The van der Waals surface area contributed by atoms with E-state index >= 15 is 0 Å². The molecular weight excluding hydrogens is 342 g/mol. The number of anilines is 1. The average molecular weight is 356 g/mol. The van der Waals surface area contributed by atoms with Gasteiger partial charge in [0, 0.05) is 29.8 Å². The summed E-state index contributed by atoms with van der Waals surface area (Å²) in [5.74, 6) is -0.269. The number of ketones is 1. The summed E-state index contributed by atoms with van der Waals surface area (Å²) in [6.45, 7) is 1.55. The molecule has 7 heteroatoms. The highest BCUT2D eigenvalue weighted by molar-refractivity contribution is 8.93. The zero-order valence-corrected chi connectivity index (χ0v) is 13.3. The van der Waals surface area contributed by atoms with Crippen LogP contribution in [0.25, 0.3) is 0 Å². The van der Waals surface area contributed by atoms with E-state index in [1.807, 2.05) is 0 Å². The van der Waals surface area contributed by atoms with E-state index in [1.54, 1.807) is 40.4 Å². The fraction of sp³-hybridized carbons (Fsp3) is 0.154. The van der Waals surface area contributed by atoms with Crippen LogP contribution in [-0.2, 0) is 11.3 Å². The smallest absolute Gasteiger partial charge is 0.221 e. The third-order valence-corrected chi connectivity index (χ3v) is 3.22. The number of hydrogen-bond acceptors (Lipinski definition) is 4. The molecule has 1 amide bonds. The Kier molecular flexibility index (Phi) is 5.84. The van der Waals surface area contributed by atoms with Crippen LogP contribution in [-0.4, -0.2) is 16.3 Å². The Bertz CT molecular complexity index is 678. The molecule has 1 heterocycles. The van der Waals surface area contributed by atoms with Gasteiger partial charge in [0.1, 0.15) is 0 Å². The molecule has 0 aliphatic carbocycles. The first-order valence-corrected chi connectivity index (χ1v) is 6.53. The first kappa shape index (κ1) is 16.3. The largest absolute Gasteiger partial charge is 0.326 e. The van der Waals surface area contributed by atoms with Gasteiger partial charge in [-0.3, -0.25) is 15.0 Å². The Morgan fingerprint density at radius 3 is 2.75 bits per heavy atom. The summed E-state index contributed by atoms with van der Waals surface area (Å²) in [6, 6.07) is 6.79. The van der Waals surface area contributed by atoms with Crippen LogP contribution in [0.5, 0.6) is 0 Å². The summed E-state index contributed by atoms with van der Waals surface area (Å²) in [4.78, 5) is 23.4. The number of aromatic nitrogens is 1. The lowest BCUT2D eigenvalue weighted by Gasteiger charge is -2.05. The van der Waals surface area contributed by atoms with E-state index in [2.05, 4.69) is 5.32 Å². The molecule has 2 aromatic rings. The van der Waals surface area contributed by atoms with E-state index in [0.29, 0.717) is 16.1 Å². The molecule has 0 aliphatic heterocycles. The Labute approximate surface area is 130 Å². The molecule has 106 valence electrons. The topological polar surface area (TPSA) is 75.0 Å². The van der Waals surface area contributed by atoms with Gasteiger partial charge in [-0.1, -0.05) is 12.1 Å². The first-order chi connectivity index (χ1) is 9.06. The second-order valence-electron chi connectivity index (χ2n) is 4.02. The van der Waals surface area contributed by atoms with Crippen LogP contribution >= 0.6 is 28.3 Å². The van der Waals surface area contributed by atoms with Gasteiger partial charge in [-0.25, -0.2) is 0 Å². The number of nitrogens with zero attached hydrogens (tertiary/aromatic N) is 1. The van der Waals surface area contributed by atoms with Crippen molar-refractivity contribution in [3.63, 3.8) is 0 Å². The van der Waals surface area contributed by atoms with Crippen molar-refractivity contribution in [2.75, 3.05) is 5.32 Å². The third kappa shape index (κ3) is 4.14. The highest BCUT2D eigenvalue weighted by Gasteiger charge is 2.08. The van der Waals surface area contributed by atoms with Gasteiger partial charge >= 0.3 is 0 Å². The highest BCUT2D eigenvalue weighted by atomic mass is 79.9. The Balaban J connectivity index is 0.00000200. The molecular formula is C13H14BrN3O2S. The minimum atomic E-state index is -0.176. The third-order valence-electron chi connectivity index (χ3n) is 2.50. The van der Waals surface area contributed by atoms with E-state index in [4.69, 9.17) is 5.41 Å². The molecule has 0 spiro atoms. The summed E-state index contributed by atoms with van der Waals surface area (Å²) < 4.78 is 1.58. The van der Waals surface area contributed by atoms with Crippen molar-refractivity contribution >= 4 is 45.7 Å². The van der Waals surface area contributed by atoms with Crippen molar-refractivity contribution in [3.8, 4) is 0 Å². The SMILES string of the molecule is Br.CC(=O)Nc1cccc(C(=O)Cn2ccsc2=N)c1. The van der Waals surface area contributed by atoms with Crippen LogP contribution in [0.2, 0.25) is 0 Å². The van der Waals surface area contributed by atoms with Crippen LogP contribution in [0.15, 0.2) is 35.8 Å². The van der Waals surface area contributed by atoms with Gasteiger partial charge in [-0.15, -0.1) is 28.3 Å². The molecule has 0 saturated heterocycles. The van der Waals surface area contributed by atoms with Gasteiger partial charge in [0.05, 0.1) is 6.54 Å². The lowest BCUT2D eigenvalue weighted by atomic mass is 10.1. The normalized spacial score (nSPS) is 9.65. The molecule has 0 unspecified atom stereocenters. The number of carbonyl (C=O) groups is 2. The number of carbonyl (C=O) groups excluding carboxylic acids is 2. The maximum atomic E-state index is 12.1. The number of Topliss-reactive ketones (excluding diaryl/α,β-unsaturated/α-hetero) is 1. The lowest BCUT2D eigenvalue weighted by Crippen LogP contribution is -2.18. The molecule has 5 nitrogen and oxygen atoms in total. The number of halogens is 1. The second-order valence-corrected chi connectivity index (χ2v) is 4.92.